The second-order valence-corrected chi connectivity index (χ2v) is 6.27. The minimum Gasteiger partial charge on any atom is -0.393 e. The number of hydrogen-bond donors (Lipinski definition) is 2. The first-order chi connectivity index (χ1) is 10.9. The summed E-state index contributed by atoms with van der Waals surface area (Å²) in [5, 5.41) is 16.6. The molecule has 2 N–H and O–H groups in total. The standard InChI is InChI=1S/C17H20FN3O2/c1-10-3-4-14(15(18)5-10)17(23)20-16(11-6-13(22)7-11)12-8-19-21(2)9-12/h3-5,8-9,11,13,16,22H,6-7H2,1-2H3,(H,20,23)/t11?,13?,16-/m0/s1. The van der Waals surface area contributed by atoms with E-state index >= 15 is 0 Å². The smallest absolute Gasteiger partial charge is 0.254 e. The first-order valence-corrected chi connectivity index (χ1v) is 7.67. The van der Waals surface area contributed by atoms with Crippen LogP contribution in [-0.2, 0) is 7.05 Å². The zero-order valence-corrected chi connectivity index (χ0v) is 13.2. The van der Waals surface area contributed by atoms with E-state index in [1.165, 1.54) is 12.1 Å². The summed E-state index contributed by atoms with van der Waals surface area (Å²) in [6, 6.07) is 4.28. The maximum absolute atomic E-state index is 14.0. The minimum absolute atomic E-state index is 0.0318. The zero-order valence-electron chi connectivity index (χ0n) is 13.2. The molecule has 5 nitrogen and oxygen atoms in total. The summed E-state index contributed by atoms with van der Waals surface area (Å²) >= 11 is 0. The molecule has 0 bridgehead atoms. The highest BCUT2D eigenvalue weighted by atomic mass is 19.1. The summed E-state index contributed by atoms with van der Waals surface area (Å²) in [6.45, 7) is 1.78. The highest BCUT2D eigenvalue weighted by Crippen LogP contribution is 2.38. The van der Waals surface area contributed by atoms with Gasteiger partial charge in [-0.25, -0.2) is 4.39 Å². The van der Waals surface area contributed by atoms with Gasteiger partial charge in [0.15, 0.2) is 0 Å². The second-order valence-electron chi connectivity index (χ2n) is 6.27. The van der Waals surface area contributed by atoms with E-state index in [2.05, 4.69) is 10.4 Å². The molecule has 1 amide bonds. The van der Waals surface area contributed by atoms with Crippen molar-refractivity contribution >= 4 is 5.91 Å². The molecule has 1 aliphatic rings. The molecule has 0 spiro atoms. The maximum Gasteiger partial charge on any atom is 0.254 e. The largest absolute Gasteiger partial charge is 0.393 e. The van der Waals surface area contributed by atoms with Crippen LogP contribution in [-0.4, -0.2) is 26.9 Å². The second kappa shape index (κ2) is 6.12. The third kappa shape index (κ3) is 3.27. The van der Waals surface area contributed by atoms with Crippen molar-refractivity contribution in [2.45, 2.75) is 31.9 Å². The Bertz CT molecular complexity index is 722. The van der Waals surface area contributed by atoms with Gasteiger partial charge in [0.25, 0.3) is 5.91 Å². The Labute approximate surface area is 134 Å². The van der Waals surface area contributed by atoms with Gasteiger partial charge >= 0.3 is 0 Å². The van der Waals surface area contributed by atoms with Crippen LogP contribution in [0.3, 0.4) is 0 Å². The van der Waals surface area contributed by atoms with E-state index in [9.17, 15) is 14.3 Å². The Balaban J connectivity index is 1.81. The van der Waals surface area contributed by atoms with Crippen molar-refractivity contribution in [3.05, 3.63) is 53.1 Å². The van der Waals surface area contributed by atoms with E-state index in [0.717, 1.165) is 11.1 Å². The van der Waals surface area contributed by atoms with E-state index in [-0.39, 0.29) is 23.6 Å². The van der Waals surface area contributed by atoms with Crippen molar-refractivity contribution in [3.63, 3.8) is 0 Å². The number of hydrogen-bond acceptors (Lipinski definition) is 3. The van der Waals surface area contributed by atoms with Gasteiger partial charge in [-0.3, -0.25) is 9.48 Å². The molecular formula is C17H20FN3O2. The number of benzene rings is 1. The van der Waals surface area contributed by atoms with Gasteiger partial charge in [-0.15, -0.1) is 0 Å². The average molecular weight is 317 g/mol. The fourth-order valence-electron chi connectivity index (χ4n) is 3.00. The van der Waals surface area contributed by atoms with Gasteiger partial charge in [0, 0.05) is 18.8 Å². The van der Waals surface area contributed by atoms with Crippen molar-refractivity contribution in [2.75, 3.05) is 0 Å². The van der Waals surface area contributed by atoms with Gasteiger partial charge in [-0.2, -0.15) is 5.10 Å². The van der Waals surface area contributed by atoms with Crippen LogP contribution in [0.5, 0.6) is 0 Å². The number of aromatic nitrogens is 2. The molecule has 1 aliphatic carbocycles. The van der Waals surface area contributed by atoms with E-state index in [1.54, 1.807) is 30.9 Å². The van der Waals surface area contributed by atoms with E-state index < -0.39 is 11.7 Å². The Morgan fingerprint density at radius 1 is 1.48 bits per heavy atom. The number of halogens is 1. The third-order valence-corrected chi connectivity index (χ3v) is 4.36. The third-order valence-electron chi connectivity index (χ3n) is 4.36. The lowest BCUT2D eigenvalue weighted by molar-refractivity contribution is 0.0234. The van der Waals surface area contributed by atoms with Crippen LogP contribution in [0.25, 0.3) is 0 Å². The number of aryl methyl sites for hydroxylation is 2. The van der Waals surface area contributed by atoms with Gasteiger partial charge in [-0.05, 0) is 43.4 Å². The predicted octanol–water partition coefficient (Wildman–Crippen LogP) is 2.11. The Morgan fingerprint density at radius 3 is 2.78 bits per heavy atom. The molecule has 3 rings (SSSR count). The van der Waals surface area contributed by atoms with E-state index in [0.29, 0.717) is 12.8 Å². The lowest BCUT2D eigenvalue weighted by Crippen LogP contribution is -2.41. The lowest BCUT2D eigenvalue weighted by atomic mass is 9.75. The summed E-state index contributed by atoms with van der Waals surface area (Å²) in [6.07, 6.45) is 4.45. The molecule has 1 aromatic carbocycles. The summed E-state index contributed by atoms with van der Waals surface area (Å²) in [4.78, 5) is 12.5. The molecule has 1 fully saturated rings. The van der Waals surface area contributed by atoms with Crippen molar-refractivity contribution < 1.29 is 14.3 Å². The van der Waals surface area contributed by atoms with Crippen molar-refractivity contribution in [1.29, 1.82) is 0 Å². The molecule has 23 heavy (non-hydrogen) atoms. The van der Waals surface area contributed by atoms with Crippen LogP contribution in [0, 0.1) is 18.7 Å². The fourth-order valence-corrected chi connectivity index (χ4v) is 3.00. The van der Waals surface area contributed by atoms with Crippen LogP contribution in [0.2, 0.25) is 0 Å². The van der Waals surface area contributed by atoms with Gasteiger partial charge in [0.2, 0.25) is 0 Å². The number of carbonyl (C=O) groups is 1. The molecule has 122 valence electrons. The molecule has 0 aliphatic heterocycles. The highest BCUT2D eigenvalue weighted by Gasteiger charge is 2.36. The Morgan fingerprint density at radius 2 is 2.22 bits per heavy atom. The van der Waals surface area contributed by atoms with Crippen molar-refractivity contribution in [1.82, 2.24) is 15.1 Å². The van der Waals surface area contributed by atoms with Crippen LogP contribution in [0.1, 0.15) is 40.4 Å². The molecule has 6 heteroatoms. The number of nitrogens with one attached hydrogen (secondary N) is 1. The molecule has 0 unspecified atom stereocenters. The number of amides is 1. The van der Waals surface area contributed by atoms with E-state index in [4.69, 9.17) is 0 Å². The van der Waals surface area contributed by atoms with Crippen LogP contribution in [0.4, 0.5) is 4.39 Å². The van der Waals surface area contributed by atoms with Gasteiger partial charge < -0.3 is 10.4 Å². The van der Waals surface area contributed by atoms with Crippen LogP contribution in [0.15, 0.2) is 30.6 Å². The van der Waals surface area contributed by atoms with Gasteiger partial charge in [0.1, 0.15) is 5.82 Å². The molecule has 1 aromatic heterocycles. The number of rotatable bonds is 4. The minimum atomic E-state index is -0.527. The molecular weight excluding hydrogens is 297 g/mol. The summed E-state index contributed by atoms with van der Waals surface area (Å²) in [7, 11) is 1.80. The van der Waals surface area contributed by atoms with Gasteiger partial charge in [0.05, 0.1) is 23.9 Å². The summed E-state index contributed by atoms with van der Waals surface area (Å²) in [5.74, 6) is -0.842. The lowest BCUT2D eigenvalue weighted by Gasteiger charge is -2.37. The van der Waals surface area contributed by atoms with Crippen molar-refractivity contribution in [2.24, 2.45) is 13.0 Å². The average Bonchev–Trinajstić information content (AvgIpc) is 2.88. The van der Waals surface area contributed by atoms with Gasteiger partial charge in [-0.1, -0.05) is 6.07 Å². The van der Waals surface area contributed by atoms with E-state index in [1.807, 2.05) is 6.20 Å². The topological polar surface area (TPSA) is 67.2 Å². The van der Waals surface area contributed by atoms with Crippen LogP contribution >= 0.6 is 0 Å². The zero-order chi connectivity index (χ0) is 16.6. The normalized spacial score (nSPS) is 21.6. The monoisotopic (exact) mass is 317 g/mol. The molecule has 0 saturated heterocycles. The summed E-state index contributed by atoms with van der Waals surface area (Å²) in [5.41, 5.74) is 1.67. The van der Waals surface area contributed by atoms with Crippen LogP contribution < -0.4 is 5.32 Å². The predicted molar refractivity (Wildman–Crippen MR) is 83.3 cm³/mol. The first-order valence-electron chi connectivity index (χ1n) is 7.67. The highest BCUT2D eigenvalue weighted by molar-refractivity contribution is 5.94. The van der Waals surface area contributed by atoms with Crippen molar-refractivity contribution in [3.8, 4) is 0 Å². The quantitative estimate of drug-likeness (QED) is 0.907. The Kier molecular flexibility index (Phi) is 4.17. The number of aliphatic hydroxyl groups excluding tert-OH is 1. The SMILES string of the molecule is Cc1ccc(C(=O)N[C@H](c2cnn(C)c2)C2CC(O)C2)c(F)c1. The number of carbonyl (C=O) groups excluding carboxylic acids is 1. The molecule has 0 radical (unpaired) electrons. The molecule has 2 aromatic rings. The maximum atomic E-state index is 14.0. The fraction of sp³-hybridized carbons (Fsp3) is 0.412. The molecule has 1 atom stereocenters. The number of aliphatic hydroxyl groups is 1. The Hall–Kier alpha value is -2.21. The summed E-state index contributed by atoms with van der Waals surface area (Å²) < 4.78 is 15.7. The number of nitrogens with zero attached hydrogens (tertiary/aromatic N) is 2. The first kappa shape index (κ1) is 15.7. The molecule has 1 saturated carbocycles. The molecule has 1 heterocycles.